The maximum absolute atomic E-state index is 5.01. The van der Waals surface area contributed by atoms with Crippen molar-refractivity contribution in [2.45, 2.75) is 25.4 Å². The minimum atomic E-state index is 0.377. The highest BCUT2D eigenvalue weighted by Crippen LogP contribution is 2.40. The van der Waals surface area contributed by atoms with Gasteiger partial charge in [0.15, 0.2) is 0 Å². The molecular formula is C15H18N4O. The Balaban J connectivity index is 1.65. The van der Waals surface area contributed by atoms with E-state index in [1.54, 1.807) is 7.11 Å². The van der Waals surface area contributed by atoms with Crippen molar-refractivity contribution in [1.82, 2.24) is 20.5 Å². The topological polar surface area (TPSA) is 59.9 Å². The molecule has 1 atom stereocenters. The van der Waals surface area contributed by atoms with Crippen molar-refractivity contribution in [2.24, 2.45) is 5.92 Å². The first-order valence-electron chi connectivity index (χ1n) is 6.86. The van der Waals surface area contributed by atoms with Gasteiger partial charge in [0.2, 0.25) is 5.88 Å². The zero-order valence-corrected chi connectivity index (χ0v) is 11.5. The summed E-state index contributed by atoms with van der Waals surface area (Å²) >= 11 is 0. The highest BCUT2D eigenvalue weighted by Gasteiger charge is 2.31. The highest BCUT2D eigenvalue weighted by molar-refractivity contribution is 5.18. The minimum Gasteiger partial charge on any atom is -0.480 e. The molecule has 104 valence electrons. The summed E-state index contributed by atoms with van der Waals surface area (Å²) in [7, 11) is 1.59. The van der Waals surface area contributed by atoms with Crippen LogP contribution >= 0.6 is 0 Å². The SMILES string of the molecule is COc1ccc(CNC(c2ccncc2)C2CC2)nn1. The number of ether oxygens (including phenoxy) is 1. The van der Waals surface area contributed by atoms with Gasteiger partial charge in [-0.2, -0.15) is 5.10 Å². The van der Waals surface area contributed by atoms with Crippen LogP contribution < -0.4 is 10.1 Å². The van der Waals surface area contributed by atoms with Gasteiger partial charge in [0.25, 0.3) is 0 Å². The van der Waals surface area contributed by atoms with Crippen molar-refractivity contribution >= 4 is 0 Å². The molecular weight excluding hydrogens is 252 g/mol. The van der Waals surface area contributed by atoms with Crippen molar-refractivity contribution in [1.29, 1.82) is 0 Å². The summed E-state index contributed by atoms with van der Waals surface area (Å²) < 4.78 is 5.01. The summed E-state index contributed by atoms with van der Waals surface area (Å²) in [5, 5.41) is 11.7. The molecule has 2 heterocycles. The predicted octanol–water partition coefficient (Wildman–Crippen LogP) is 2.12. The summed E-state index contributed by atoms with van der Waals surface area (Å²) in [5.74, 6) is 1.27. The third-order valence-corrected chi connectivity index (χ3v) is 3.57. The van der Waals surface area contributed by atoms with Crippen molar-refractivity contribution < 1.29 is 4.74 Å². The van der Waals surface area contributed by atoms with Gasteiger partial charge in [-0.15, -0.1) is 5.10 Å². The Labute approximate surface area is 118 Å². The molecule has 0 bridgehead atoms. The number of nitrogens with one attached hydrogen (secondary N) is 1. The lowest BCUT2D eigenvalue weighted by Crippen LogP contribution is -2.23. The Hall–Kier alpha value is -2.01. The van der Waals surface area contributed by atoms with Gasteiger partial charge in [-0.05, 0) is 42.5 Å². The maximum atomic E-state index is 5.01. The molecule has 1 saturated carbocycles. The number of rotatable bonds is 6. The molecule has 1 fully saturated rings. The zero-order chi connectivity index (χ0) is 13.8. The van der Waals surface area contributed by atoms with E-state index < -0.39 is 0 Å². The number of nitrogens with zero attached hydrogens (tertiary/aromatic N) is 3. The first-order chi connectivity index (χ1) is 9.86. The Morgan fingerprint density at radius 1 is 1.20 bits per heavy atom. The van der Waals surface area contributed by atoms with Gasteiger partial charge in [-0.25, -0.2) is 0 Å². The van der Waals surface area contributed by atoms with Crippen molar-refractivity contribution in [3.05, 3.63) is 47.9 Å². The smallest absolute Gasteiger partial charge is 0.233 e. The second kappa shape index (κ2) is 5.96. The van der Waals surface area contributed by atoms with Crippen LogP contribution in [0.4, 0.5) is 0 Å². The number of hydrogen-bond donors (Lipinski definition) is 1. The van der Waals surface area contributed by atoms with Crippen molar-refractivity contribution in [3.63, 3.8) is 0 Å². The van der Waals surface area contributed by atoms with E-state index in [0.717, 1.165) is 11.6 Å². The molecule has 2 aromatic heterocycles. The highest BCUT2D eigenvalue weighted by atomic mass is 16.5. The predicted molar refractivity (Wildman–Crippen MR) is 75.1 cm³/mol. The second-order valence-corrected chi connectivity index (χ2v) is 5.04. The molecule has 3 rings (SSSR count). The maximum Gasteiger partial charge on any atom is 0.233 e. The third-order valence-electron chi connectivity index (χ3n) is 3.57. The van der Waals surface area contributed by atoms with Gasteiger partial charge in [0.1, 0.15) is 0 Å². The molecule has 1 unspecified atom stereocenters. The average Bonchev–Trinajstić information content (AvgIpc) is 3.34. The molecule has 0 aliphatic heterocycles. The lowest BCUT2D eigenvalue weighted by molar-refractivity contribution is 0.390. The third kappa shape index (κ3) is 3.11. The van der Waals surface area contributed by atoms with Crippen LogP contribution in [0, 0.1) is 5.92 Å². The molecule has 2 aromatic rings. The second-order valence-electron chi connectivity index (χ2n) is 5.04. The fourth-order valence-electron chi connectivity index (χ4n) is 2.32. The molecule has 1 aliphatic rings. The van der Waals surface area contributed by atoms with E-state index in [1.165, 1.54) is 18.4 Å². The number of methoxy groups -OCH3 is 1. The number of pyridine rings is 1. The van der Waals surface area contributed by atoms with E-state index >= 15 is 0 Å². The molecule has 0 amide bonds. The molecule has 5 heteroatoms. The standard InChI is InChI=1S/C15H18N4O/c1-20-14-5-4-13(18-19-14)10-17-15(11-2-3-11)12-6-8-16-9-7-12/h4-9,11,15,17H,2-3,10H2,1H3. The Morgan fingerprint density at radius 3 is 2.60 bits per heavy atom. The van der Waals surface area contributed by atoms with Crippen LogP contribution in [0.1, 0.15) is 30.1 Å². The quantitative estimate of drug-likeness (QED) is 0.871. The van der Waals surface area contributed by atoms with E-state index in [9.17, 15) is 0 Å². The van der Waals surface area contributed by atoms with Crippen LogP contribution in [0.15, 0.2) is 36.7 Å². The molecule has 5 nitrogen and oxygen atoms in total. The first kappa shape index (κ1) is 13.0. The lowest BCUT2D eigenvalue weighted by Gasteiger charge is -2.18. The van der Waals surface area contributed by atoms with Gasteiger partial charge >= 0.3 is 0 Å². The van der Waals surface area contributed by atoms with Crippen molar-refractivity contribution in [2.75, 3.05) is 7.11 Å². The van der Waals surface area contributed by atoms with Crippen LogP contribution in [-0.4, -0.2) is 22.3 Å². The number of aromatic nitrogens is 3. The van der Waals surface area contributed by atoms with Crippen LogP contribution in [0.3, 0.4) is 0 Å². The van der Waals surface area contributed by atoms with Gasteiger partial charge in [-0.1, -0.05) is 0 Å². The fraction of sp³-hybridized carbons (Fsp3) is 0.400. The Bertz CT molecular complexity index is 540. The Morgan fingerprint density at radius 2 is 2.00 bits per heavy atom. The Kier molecular flexibility index (Phi) is 3.87. The van der Waals surface area contributed by atoms with Crippen LogP contribution in [0.2, 0.25) is 0 Å². The summed E-state index contributed by atoms with van der Waals surface area (Å²) in [4.78, 5) is 4.08. The molecule has 0 spiro atoms. The summed E-state index contributed by atoms with van der Waals surface area (Å²) in [6.07, 6.45) is 6.27. The van der Waals surface area contributed by atoms with Gasteiger partial charge in [-0.3, -0.25) is 4.98 Å². The lowest BCUT2D eigenvalue weighted by atomic mass is 10.0. The van der Waals surface area contributed by atoms with Gasteiger partial charge in [0, 0.05) is 31.0 Å². The van der Waals surface area contributed by atoms with E-state index in [0.29, 0.717) is 18.5 Å². The van der Waals surface area contributed by atoms with Gasteiger partial charge in [0.05, 0.1) is 12.8 Å². The molecule has 0 radical (unpaired) electrons. The fourth-order valence-corrected chi connectivity index (χ4v) is 2.32. The number of hydrogen-bond acceptors (Lipinski definition) is 5. The van der Waals surface area contributed by atoms with Crippen LogP contribution in [0.5, 0.6) is 5.88 Å². The molecule has 1 aliphatic carbocycles. The first-order valence-corrected chi connectivity index (χ1v) is 6.86. The van der Waals surface area contributed by atoms with Gasteiger partial charge < -0.3 is 10.1 Å². The normalized spacial score (nSPS) is 15.8. The summed E-state index contributed by atoms with van der Waals surface area (Å²) in [5.41, 5.74) is 2.22. The average molecular weight is 270 g/mol. The molecule has 1 N–H and O–H groups in total. The largest absolute Gasteiger partial charge is 0.480 e. The van der Waals surface area contributed by atoms with E-state index in [2.05, 4.69) is 32.6 Å². The summed E-state index contributed by atoms with van der Waals surface area (Å²) in [6.45, 7) is 0.709. The zero-order valence-electron chi connectivity index (χ0n) is 11.5. The molecule has 0 saturated heterocycles. The van der Waals surface area contributed by atoms with Crippen molar-refractivity contribution in [3.8, 4) is 5.88 Å². The van der Waals surface area contributed by atoms with E-state index in [1.807, 2.05) is 24.5 Å². The van der Waals surface area contributed by atoms with E-state index in [4.69, 9.17) is 4.74 Å². The van der Waals surface area contributed by atoms with Crippen LogP contribution in [-0.2, 0) is 6.54 Å². The molecule has 0 aromatic carbocycles. The monoisotopic (exact) mass is 270 g/mol. The minimum absolute atomic E-state index is 0.377. The summed E-state index contributed by atoms with van der Waals surface area (Å²) in [6, 6.07) is 8.31. The van der Waals surface area contributed by atoms with E-state index in [-0.39, 0.29) is 0 Å². The molecule has 20 heavy (non-hydrogen) atoms. The van der Waals surface area contributed by atoms with Crippen LogP contribution in [0.25, 0.3) is 0 Å².